The molecular formula is C13H20O. The van der Waals surface area contributed by atoms with Crippen molar-refractivity contribution in [1.82, 2.24) is 0 Å². The second-order valence-corrected chi connectivity index (χ2v) is 4.36. The van der Waals surface area contributed by atoms with Gasteiger partial charge in [-0.3, -0.25) is 4.79 Å². The maximum Gasteiger partial charge on any atom is 0.159 e. The number of rotatable bonds is 3. The van der Waals surface area contributed by atoms with Crippen LogP contribution in [0, 0.1) is 5.92 Å². The molecule has 0 saturated heterocycles. The topological polar surface area (TPSA) is 17.1 Å². The quantitative estimate of drug-likeness (QED) is 0.492. The van der Waals surface area contributed by atoms with Gasteiger partial charge in [0, 0.05) is 6.42 Å². The number of allylic oxidation sites excluding steroid dienone is 3. The molecule has 1 saturated carbocycles. The molecule has 0 aromatic heterocycles. The minimum absolute atomic E-state index is 0.380. The number of carbonyl (C=O) groups excluding carboxylic acids is 1. The number of ketones is 1. The maximum absolute atomic E-state index is 11.7. The Kier molecular flexibility index (Phi) is 4.12. The van der Waals surface area contributed by atoms with Gasteiger partial charge in [0.1, 0.15) is 0 Å². The minimum Gasteiger partial charge on any atom is -0.295 e. The molecule has 1 fully saturated rings. The molecule has 0 amide bonds. The van der Waals surface area contributed by atoms with Gasteiger partial charge in [0.25, 0.3) is 0 Å². The molecule has 1 unspecified atom stereocenters. The Morgan fingerprint density at radius 3 is 2.93 bits per heavy atom. The van der Waals surface area contributed by atoms with Crippen molar-refractivity contribution < 1.29 is 4.79 Å². The molecule has 0 aromatic rings. The summed E-state index contributed by atoms with van der Waals surface area (Å²) in [4.78, 5) is 11.7. The zero-order chi connectivity index (χ0) is 10.6. The predicted molar refractivity (Wildman–Crippen MR) is 60.2 cm³/mol. The van der Waals surface area contributed by atoms with Gasteiger partial charge in [0.05, 0.1) is 0 Å². The van der Waals surface area contributed by atoms with Crippen molar-refractivity contribution in [2.75, 3.05) is 0 Å². The van der Waals surface area contributed by atoms with E-state index in [1.54, 1.807) is 0 Å². The first-order chi connectivity index (χ1) is 6.65. The highest BCUT2D eigenvalue weighted by molar-refractivity contribution is 5.96. The molecule has 78 valence electrons. The van der Waals surface area contributed by atoms with E-state index in [1.807, 2.05) is 6.08 Å². The van der Waals surface area contributed by atoms with Gasteiger partial charge in [-0.15, -0.1) is 6.58 Å². The van der Waals surface area contributed by atoms with Gasteiger partial charge < -0.3 is 0 Å². The third-order valence-corrected chi connectivity index (χ3v) is 3.00. The summed E-state index contributed by atoms with van der Waals surface area (Å²) in [5, 5.41) is 0. The van der Waals surface area contributed by atoms with E-state index in [-0.39, 0.29) is 0 Å². The summed E-state index contributed by atoms with van der Waals surface area (Å²) < 4.78 is 0. The van der Waals surface area contributed by atoms with Gasteiger partial charge >= 0.3 is 0 Å². The van der Waals surface area contributed by atoms with Crippen LogP contribution in [0.3, 0.4) is 0 Å². The first kappa shape index (κ1) is 11.2. The van der Waals surface area contributed by atoms with Crippen molar-refractivity contribution in [1.29, 1.82) is 0 Å². The molecule has 14 heavy (non-hydrogen) atoms. The van der Waals surface area contributed by atoms with E-state index < -0.39 is 0 Å². The fourth-order valence-corrected chi connectivity index (χ4v) is 1.99. The standard InChI is InChI=1S/C13H20O/c1-4-5-6-11(3)12-8-7-10(2)9-13(12)14/h4,10H,1,5-9H2,2-3H3. The molecule has 1 heteroatoms. The summed E-state index contributed by atoms with van der Waals surface area (Å²) in [7, 11) is 0. The van der Waals surface area contributed by atoms with Crippen molar-refractivity contribution in [2.24, 2.45) is 5.92 Å². The lowest BCUT2D eigenvalue weighted by molar-refractivity contribution is -0.117. The average molecular weight is 192 g/mol. The molecule has 1 atom stereocenters. The lowest BCUT2D eigenvalue weighted by atomic mass is 9.83. The maximum atomic E-state index is 11.7. The fourth-order valence-electron chi connectivity index (χ4n) is 1.99. The molecule has 0 bridgehead atoms. The van der Waals surface area contributed by atoms with Crippen LogP contribution in [0.1, 0.15) is 46.0 Å². The Bertz CT molecular complexity index is 260. The Morgan fingerprint density at radius 2 is 2.36 bits per heavy atom. The third kappa shape index (κ3) is 2.83. The molecule has 1 aliphatic carbocycles. The number of Topliss-reactive ketones (excluding diaryl/α,β-unsaturated/α-hetero) is 1. The molecule has 1 rings (SSSR count). The highest BCUT2D eigenvalue weighted by atomic mass is 16.1. The smallest absolute Gasteiger partial charge is 0.159 e. The number of carbonyl (C=O) groups is 1. The molecule has 0 N–H and O–H groups in total. The number of hydrogen-bond acceptors (Lipinski definition) is 1. The van der Waals surface area contributed by atoms with Crippen molar-refractivity contribution in [2.45, 2.75) is 46.0 Å². The average Bonchev–Trinajstić information content (AvgIpc) is 2.14. The summed E-state index contributed by atoms with van der Waals surface area (Å²) in [5.74, 6) is 0.962. The van der Waals surface area contributed by atoms with Crippen LogP contribution >= 0.6 is 0 Å². The molecule has 0 spiro atoms. The van der Waals surface area contributed by atoms with E-state index in [0.29, 0.717) is 11.7 Å². The Hall–Kier alpha value is -0.850. The highest BCUT2D eigenvalue weighted by Crippen LogP contribution is 2.28. The van der Waals surface area contributed by atoms with Crippen LogP contribution in [0.4, 0.5) is 0 Å². The Labute approximate surface area is 86.9 Å². The molecule has 1 nitrogen and oxygen atoms in total. The second kappa shape index (κ2) is 5.14. The van der Waals surface area contributed by atoms with Gasteiger partial charge in [-0.25, -0.2) is 0 Å². The summed E-state index contributed by atoms with van der Waals surface area (Å²) in [5.41, 5.74) is 2.38. The van der Waals surface area contributed by atoms with Crippen LogP contribution in [0.5, 0.6) is 0 Å². The summed E-state index contributed by atoms with van der Waals surface area (Å²) in [6, 6.07) is 0. The minimum atomic E-state index is 0.380. The monoisotopic (exact) mass is 192 g/mol. The summed E-state index contributed by atoms with van der Waals surface area (Å²) in [6.07, 6.45) is 6.81. The largest absolute Gasteiger partial charge is 0.295 e. The predicted octanol–water partition coefficient (Wildman–Crippen LogP) is 3.66. The van der Waals surface area contributed by atoms with E-state index in [4.69, 9.17) is 0 Å². The molecule has 0 aromatic carbocycles. The SMILES string of the molecule is C=CCCC(C)=C1CCC(C)CC1=O. The first-order valence-corrected chi connectivity index (χ1v) is 5.48. The highest BCUT2D eigenvalue weighted by Gasteiger charge is 2.21. The Balaban J connectivity index is 2.65. The van der Waals surface area contributed by atoms with Crippen LogP contribution < -0.4 is 0 Å². The summed E-state index contributed by atoms with van der Waals surface area (Å²) in [6.45, 7) is 7.95. The molecule has 0 aliphatic heterocycles. The molecule has 1 aliphatic rings. The van der Waals surface area contributed by atoms with E-state index in [2.05, 4.69) is 20.4 Å². The van der Waals surface area contributed by atoms with Crippen molar-refractivity contribution in [3.8, 4) is 0 Å². The van der Waals surface area contributed by atoms with Crippen LogP contribution in [0.15, 0.2) is 23.8 Å². The second-order valence-electron chi connectivity index (χ2n) is 4.36. The van der Waals surface area contributed by atoms with Gasteiger partial charge in [0.15, 0.2) is 5.78 Å². The summed E-state index contributed by atoms with van der Waals surface area (Å²) >= 11 is 0. The van der Waals surface area contributed by atoms with Crippen LogP contribution in [0.25, 0.3) is 0 Å². The van der Waals surface area contributed by atoms with Crippen molar-refractivity contribution >= 4 is 5.78 Å². The van der Waals surface area contributed by atoms with Crippen molar-refractivity contribution in [3.63, 3.8) is 0 Å². The van der Waals surface area contributed by atoms with Gasteiger partial charge in [-0.2, -0.15) is 0 Å². The van der Waals surface area contributed by atoms with Crippen LogP contribution in [0.2, 0.25) is 0 Å². The molecule has 0 heterocycles. The lowest BCUT2D eigenvalue weighted by Gasteiger charge is -2.21. The fraction of sp³-hybridized carbons (Fsp3) is 0.615. The normalized spacial score (nSPS) is 26.1. The van der Waals surface area contributed by atoms with Crippen LogP contribution in [-0.2, 0) is 4.79 Å². The van der Waals surface area contributed by atoms with E-state index >= 15 is 0 Å². The zero-order valence-corrected chi connectivity index (χ0v) is 9.31. The van der Waals surface area contributed by atoms with Gasteiger partial charge in [0.2, 0.25) is 0 Å². The van der Waals surface area contributed by atoms with Gasteiger partial charge in [-0.05, 0) is 44.1 Å². The van der Waals surface area contributed by atoms with E-state index in [1.165, 1.54) is 12.0 Å². The first-order valence-electron chi connectivity index (χ1n) is 5.48. The van der Waals surface area contributed by atoms with Crippen molar-refractivity contribution in [3.05, 3.63) is 23.8 Å². The third-order valence-electron chi connectivity index (χ3n) is 3.00. The molecular weight excluding hydrogens is 172 g/mol. The van der Waals surface area contributed by atoms with Gasteiger partial charge in [-0.1, -0.05) is 18.6 Å². The number of hydrogen-bond donors (Lipinski definition) is 0. The van der Waals surface area contributed by atoms with Crippen LogP contribution in [-0.4, -0.2) is 5.78 Å². The van der Waals surface area contributed by atoms with E-state index in [9.17, 15) is 4.79 Å². The lowest BCUT2D eigenvalue weighted by Crippen LogP contribution is -2.16. The zero-order valence-electron chi connectivity index (χ0n) is 9.31. The van der Waals surface area contributed by atoms with E-state index in [0.717, 1.165) is 31.3 Å². The molecule has 0 radical (unpaired) electrons. The Morgan fingerprint density at radius 1 is 1.64 bits per heavy atom.